The number of rotatable bonds is 1. The second kappa shape index (κ2) is 5.42. The Hall–Kier alpha value is -1.51. The number of urea groups is 1. The molecule has 0 unspecified atom stereocenters. The lowest BCUT2D eigenvalue weighted by atomic mass is 10.0. The fourth-order valence-electron chi connectivity index (χ4n) is 2.47. The molecule has 1 aromatic rings. The molecule has 2 rings (SSSR count). The van der Waals surface area contributed by atoms with E-state index >= 15 is 0 Å². The molecule has 3 nitrogen and oxygen atoms in total. The summed E-state index contributed by atoms with van der Waals surface area (Å²) >= 11 is 0. The maximum absolute atomic E-state index is 12.3. The number of anilines is 1. The number of hydrogen-bond acceptors (Lipinski definition) is 1. The van der Waals surface area contributed by atoms with Gasteiger partial charge in [-0.3, -0.25) is 0 Å². The first kappa shape index (κ1) is 12.9. The van der Waals surface area contributed by atoms with Gasteiger partial charge in [0.1, 0.15) is 0 Å². The summed E-state index contributed by atoms with van der Waals surface area (Å²) in [5.41, 5.74) is 3.28. The summed E-state index contributed by atoms with van der Waals surface area (Å²) in [5, 5.41) is 3.04. The molecular weight excluding hydrogens is 224 g/mol. The van der Waals surface area contributed by atoms with Crippen LogP contribution in [0.3, 0.4) is 0 Å². The van der Waals surface area contributed by atoms with Gasteiger partial charge >= 0.3 is 6.03 Å². The Balaban J connectivity index is 2.09. The van der Waals surface area contributed by atoms with Crippen LogP contribution in [0.5, 0.6) is 0 Å². The van der Waals surface area contributed by atoms with Crippen LogP contribution in [0.1, 0.15) is 37.3 Å². The van der Waals surface area contributed by atoms with Crippen LogP contribution in [-0.2, 0) is 0 Å². The van der Waals surface area contributed by atoms with E-state index in [-0.39, 0.29) is 6.03 Å². The van der Waals surface area contributed by atoms with Gasteiger partial charge in [0.15, 0.2) is 0 Å². The second-order valence-electron chi connectivity index (χ2n) is 5.22. The van der Waals surface area contributed by atoms with Crippen molar-refractivity contribution in [3.63, 3.8) is 0 Å². The number of carbonyl (C=O) groups is 1. The number of nitrogens with zero attached hydrogens (tertiary/aromatic N) is 1. The van der Waals surface area contributed by atoms with Crippen molar-refractivity contribution in [1.82, 2.24) is 4.90 Å². The maximum Gasteiger partial charge on any atom is 0.322 e. The average Bonchev–Trinajstić information content (AvgIpc) is 2.35. The number of amides is 2. The number of hydrogen-bond donors (Lipinski definition) is 1. The predicted molar refractivity (Wildman–Crippen MR) is 75.0 cm³/mol. The molecule has 1 aliphatic heterocycles. The first-order chi connectivity index (χ1) is 8.59. The van der Waals surface area contributed by atoms with Gasteiger partial charge in [-0.1, -0.05) is 12.1 Å². The van der Waals surface area contributed by atoms with E-state index in [1.54, 1.807) is 0 Å². The molecule has 18 heavy (non-hydrogen) atoms. The molecule has 1 saturated heterocycles. The molecular formula is C15H22N2O. The van der Waals surface area contributed by atoms with Gasteiger partial charge in [0, 0.05) is 18.3 Å². The Labute approximate surface area is 109 Å². The highest BCUT2D eigenvalue weighted by molar-refractivity contribution is 5.90. The number of carbonyl (C=O) groups excluding carboxylic acids is 1. The molecule has 0 saturated carbocycles. The van der Waals surface area contributed by atoms with Crippen molar-refractivity contribution in [3.05, 3.63) is 29.3 Å². The van der Waals surface area contributed by atoms with Crippen LogP contribution < -0.4 is 5.32 Å². The van der Waals surface area contributed by atoms with Crippen molar-refractivity contribution in [1.29, 1.82) is 0 Å². The van der Waals surface area contributed by atoms with Gasteiger partial charge in [-0.15, -0.1) is 0 Å². The van der Waals surface area contributed by atoms with Crippen LogP contribution in [0, 0.1) is 13.8 Å². The second-order valence-corrected chi connectivity index (χ2v) is 5.22. The lowest BCUT2D eigenvalue weighted by Crippen LogP contribution is -2.44. The van der Waals surface area contributed by atoms with Crippen LogP contribution in [0.15, 0.2) is 18.2 Å². The highest BCUT2D eigenvalue weighted by atomic mass is 16.2. The van der Waals surface area contributed by atoms with Crippen molar-refractivity contribution < 1.29 is 4.79 Å². The van der Waals surface area contributed by atoms with E-state index in [0.29, 0.717) is 6.04 Å². The summed E-state index contributed by atoms with van der Waals surface area (Å²) in [7, 11) is 0. The van der Waals surface area contributed by atoms with Crippen molar-refractivity contribution in [2.45, 2.75) is 46.1 Å². The monoisotopic (exact) mass is 246 g/mol. The smallest absolute Gasteiger partial charge is 0.322 e. The van der Waals surface area contributed by atoms with Crippen molar-refractivity contribution in [3.8, 4) is 0 Å². The highest BCUT2D eigenvalue weighted by Gasteiger charge is 2.23. The third kappa shape index (κ3) is 2.66. The molecule has 1 heterocycles. The van der Waals surface area contributed by atoms with E-state index in [2.05, 4.69) is 25.2 Å². The Kier molecular flexibility index (Phi) is 3.90. The van der Waals surface area contributed by atoms with Crippen LogP contribution in [-0.4, -0.2) is 23.5 Å². The molecule has 1 aliphatic rings. The standard InChI is InChI=1S/C15H22N2O/c1-11-7-6-9-14(13(11)3)16-15(18)17-10-5-4-8-12(17)2/h6-7,9,12H,4-5,8,10H2,1-3H3,(H,16,18)/t12-/m0/s1. The third-order valence-corrected chi connectivity index (χ3v) is 3.91. The van der Waals surface area contributed by atoms with Crippen LogP contribution >= 0.6 is 0 Å². The molecule has 1 atom stereocenters. The number of piperidine rings is 1. The van der Waals surface area contributed by atoms with Crippen LogP contribution in [0.25, 0.3) is 0 Å². The lowest BCUT2D eigenvalue weighted by Gasteiger charge is -2.33. The molecule has 3 heteroatoms. The minimum absolute atomic E-state index is 0.0379. The SMILES string of the molecule is Cc1cccc(NC(=O)N2CCCC[C@@H]2C)c1C. The Morgan fingerprint density at radius 3 is 2.83 bits per heavy atom. The topological polar surface area (TPSA) is 32.3 Å². The van der Waals surface area contributed by atoms with Gasteiger partial charge in [0.25, 0.3) is 0 Å². The zero-order chi connectivity index (χ0) is 13.1. The Bertz CT molecular complexity index is 442. The normalized spacial score (nSPS) is 19.7. The largest absolute Gasteiger partial charge is 0.322 e. The summed E-state index contributed by atoms with van der Waals surface area (Å²) in [6.07, 6.45) is 3.46. The minimum atomic E-state index is 0.0379. The van der Waals surface area contributed by atoms with E-state index in [4.69, 9.17) is 0 Å². The van der Waals surface area contributed by atoms with Gasteiger partial charge in [-0.2, -0.15) is 0 Å². The molecule has 1 aromatic carbocycles. The number of aryl methyl sites for hydroxylation is 1. The summed E-state index contributed by atoms with van der Waals surface area (Å²) in [5.74, 6) is 0. The van der Waals surface area contributed by atoms with Gasteiger partial charge in [0.05, 0.1) is 0 Å². The Morgan fingerprint density at radius 2 is 2.11 bits per heavy atom. The van der Waals surface area contributed by atoms with Crippen LogP contribution in [0.4, 0.5) is 10.5 Å². The predicted octanol–water partition coefficient (Wildman–Crippen LogP) is 3.71. The molecule has 0 aromatic heterocycles. The fraction of sp³-hybridized carbons (Fsp3) is 0.533. The van der Waals surface area contributed by atoms with E-state index < -0.39 is 0 Å². The van der Waals surface area contributed by atoms with Crippen molar-refractivity contribution >= 4 is 11.7 Å². The van der Waals surface area contributed by atoms with Crippen molar-refractivity contribution in [2.75, 3.05) is 11.9 Å². The molecule has 1 fully saturated rings. The summed E-state index contributed by atoms with van der Waals surface area (Å²) < 4.78 is 0. The molecule has 0 radical (unpaired) electrons. The summed E-state index contributed by atoms with van der Waals surface area (Å²) in [4.78, 5) is 14.2. The fourth-order valence-corrected chi connectivity index (χ4v) is 2.47. The Morgan fingerprint density at radius 1 is 1.33 bits per heavy atom. The van der Waals surface area contributed by atoms with E-state index in [0.717, 1.165) is 30.6 Å². The number of nitrogens with one attached hydrogen (secondary N) is 1. The first-order valence-corrected chi connectivity index (χ1v) is 6.73. The number of likely N-dealkylation sites (tertiary alicyclic amines) is 1. The number of benzene rings is 1. The van der Waals surface area contributed by atoms with Crippen molar-refractivity contribution in [2.24, 2.45) is 0 Å². The van der Waals surface area contributed by atoms with E-state index in [9.17, 15) is 4.79 Å². The van der Waals surface area contributed by atoms with Gasteiger partial charge in [-0.25, -0.2) is 4.79 Å². The van der Waals surface area contributed by atoms with E-state index in [1.165, 1.54) is 12.0 Å². The molecule has 0 aliphatic carbocycles. The highest BCUT2D eigenvalue weighted by Crippen LogP contribution is 2.21. The molecule has 2 amide bonds. The van der Waals surface area contributed by atoms with Gasteiger partial charge < -0.3 is 10.2 Å². The van der Waals surface area contributed by atoms with Gasteiger partial charge in [-0.05, 0) is 57.2 Å². The lowest BCUT2D eigenvalue weighted by molar-refractivity contribution is 0.170. The van der Waals surface area contributed by atoms with E-state index in [1.807, 2.05) is 24.0 Å². The molecule has 0 bridgehead atoms. The van der Waals surface area contributed by atoms with Gasteiger partial charge in [0.2, 0.25) is 0 Å². The third-order valence-electron chi connectivity index (χ3n) is 3.91. The average molecular weight is 246 g/mol. The first-order valence-electron chi connectivity index (χ1n) is 6.73. The zero-order valence-corrected chi connectivity index (χ0v) is 11.5. The summed E-state index contributed by atoms with van der Waals surface area (Å²) in [6.45, 7) is 7.11. The summed E-state index contributed by atoms with van der Waals surface area (Å²) in [6, 6.07) is 6.40. The molecule has 0 spiro atoms. The molecule has 1 N–H and O–H groups in total. The minimum Gasteiger partial charge on any atom is -0.322 e. The zero-order valence-electron chi connectivity index (χ0n) is 11.5. The molecule has 98 valence electrons. The quantitative estimate of drug-likeness (QED) is 0.805. The van der Waals surface area contributed by atoms with Crippen LogP contribution in [0.2, 0.25) is 0 Å². The maximum atomic E-state index is 12.3.